The Hall–Kier alpha value is -0.318. The standard InChI is InChI=1S/C13H9IO2S.C6H4ClIO2S.C6H5F.Al.3ClH/c1-10-2-6-12(7-3-10)17(15,16)13-8-4-11(14)5-9-13;7-11(9,10)6-3-1-5(8)2-4-6;7-6-4-2-1-3-5-6;;;;/h2-4,6-8H,1H3;1-4H;1-5H;;3*1H/q;;;+3;;;/p-3. The molecular formula is C25H18AlCl4FI2O4S2. The van der Waals surface area contributed by atoms with E-state index in [2.05, 4.69) is 56.6 Å². The molecular weight excluding hydrogens is 870 g/mol. The molecule has 39 heavy (non-hydrogen) atoms. The van der Waals surface area contributed by atoms with Gasteiger partial charge in [0.25, 0.3) is 9.05 Å². The van der Waals surface area contributed by atoms with Gasteiger partial charge in [-0.05, 0) is 119 Å². The molecule has 0 unspecified atom stereocenters. The molecule has 0 spiro atoms. The molecule has 0 radical (unpaired) electrons. The minimum atomic E-state index is -3.55. The number of benzene rings is 3. The van der Waals surface area contributed by atoms with Gasteiger partial charge in [0.1, 0.15) is 10.7 Å². The molecule has 4 rings (SSSR count). The predicted molar refractivity (Wildman–Crippen MR) is 177 cm³/mol. The van der Waals surface area contributed by atoms with Crippen molar-refractivity contribution in [3.63, 3.8) is 0 Å². The van der Waals surface area contributed by atoms with E-state index in [-0.39, 0.29) is 20.5 Å². The third-order valence-corrected chi connectivity index (χ3v) is 8.56. The van der Waals surface area contributed by atoms with Crippen molar-refractivity contribution in [2.24, 2.45) is 0 Å². The van der Waals surface area contributed by atoms with Crippen LogP contribution >= 0.6 is 86.0 Å². The van der Waals surface area contributed by atoms with E-state index in [1.165, 1.54) is 24.3 Å². The second kappa shape index (κ2) is 18.3. The fourth-order valence-electron chi connectivity index (χ4n) is 2.37. The van der Waals surface area contributed by atoms with Gasteiger partial charge in [-0.3, -0.25) is 0 Å². The molecule has 1 aliphatic rings. The summed E-state index contributed by atoms with van der Waals surface area (Å²) in [4.78, 5) is 0.579. The van der Waals surface area contributed by atoms with Crippen molar-refractivity contribution in [3.8, 4) is 0 Å². The lowest BCUT2D eigenvalue weighted by Gasteiger charge is -2.04. The summed E-state index contributed by atoms with van der Waals surface area (Å²) in [6.45, 7) is 1.92. The van der Waals surface area contributed by atoms with Gasteiger partial charge in [0, 0.05) is 14.3 Å². The van der Waals surface area contributed by atoms with Crippen LogP contribution in [0.2, 0.25) is 0 Å². The normalized spacial score (nSPS) is 11.8. The minimum Gasteiger partial charge on any atom is -0.218 e. The van der Waals surface area contributed by atoms with Crippen molar-refractivity contribution in [3.05, 3.63) is 126 Å². The van der Waals surface area contributed by atoms with Crippen molar-refractivity contribution in [1.29, 1.82) is 0 Å². The maximum absolute atomic E-state index is 12.2. The Bertz CT molecular complexity index is 1570. The summed E-state index contributed by atoms with van der Waals surface area (Å²) in [6.07, 6.45) is 3.26. The van der Waals surface area contributed by atoms with Gasteiger partial charge in [0.15, 0.2) is 0 Å². The second-order valence-electron chi connectivity index (χ2n) is 7.05. The van der Waals surface area contributed by atoms with Crippen LogP contribution < -0.4 is 0 Å². The average Bonchev–Trinajstić information content (AvgIpc) is 2.85. The lowest BCUT2D eigenvalue weighted by molar-refractivity contribution is 0.602. The van der Waals surface area contributed by atoms with Gasteiger partial charge < -0.3 is 0 Å². The van der Waals surface area contributed by atoms with Crippen molar-refractivity contribution < 1.29 is 21.2 Å². The number of halogens is 7. The predicted octanol–water partition coefficient (Wildman–Crippen LogP) is 9.03. The Morgan fingerprint density at radius 3 is 1.62 bits per heavy atom. The highest BCUT2D eigenvalue weighted by atomic mass is 127. The maximum atomic E-state index is 12.2. The fourth-order valence-corrected chi connectivity index (χ4v) is 4.99. The van der Waals surface area contributed by atoms with Crippen LogP contribution in [0.3, 0.4) is 0 Å². The topological polar surface area (TPSA) is 68.3 Å². The van der Waals surface area contributed by atoms with Gasteiger partial charge in [-0.2, -0.15) is 0 Å². The zero-order chi connectivity index (χ0) is 29.6. The highest BCUT2D eigenvalue weighted by Crippen LogP contribution is 2.22. The van der Waals surface area contributed by atoms with Crippen LogP contribution in [0.15, 0.2) is 121 Å². The summed E-state index contributed by atoms with van der Waals surface area (Å²) in [7, 11) is 12.9. The van der Waals surface area contributed by atoms with E-state index in [0.717, 1.165) is 12.7 Å². The number of sulfone groups is 1. The highest BCUT2D eigenvalue weighted by molar-refractivity contribution is 14.1. The lowest BCUT2D eigenvalue weighted by Crippen LogP contribution is -2.03. The Balaban J connectivity index is 0.000000296. The van der Waals surface area contributed by atoms with E-state index in [9.17, 15) is 21.2 Å². The molecule has 14 heteroatoms. The molecule has 0 atom stereocenters. The lowest BCUT2D eigenvalue weighted by atomic mass is 10.2. The molecule has 0 bridgehead atoms. The molecule has 0 N–H and O–H groups in total. The zero-order valence-corrected chi connectivity index (χ0v) is 30.0. The molecule has 3 aromatic rings. The van der Waals surface area contributed by atoms with Crippen LogP contribution in [0.4, 0.5) is 4.39 Å². The summed E-state index contributed by atoms with van der Waals surface area (Å²) >= 11 is 2.43. The first-order chi connectivity index (χ1) is 18.1. The van der Waals surface area contributed by atoms with Gasteiger partial charge in [-0.25, -0.2) is 51.4 Å². The largest absolute Gasteiger partial charge is 0.643 e. The van der Waals surface area contributed by atoms with Crippen LogP contribution in [0, 0.1) is 16.3 Å². The molecule has 0 fully saturated rings. The number of aryl methyl sites for hydroxylation is 1. The van der Waals surface area contributed by atoms with E-state index in [1.54, 1.807) is 66.7 Å². The first kappa shape index (κ1) is 36.7. The number of allylic oxidation sites excluding steroid dienone is 3. The molecule has 206 valence electrons. The SMILES string of the molecule is Cc1ccc(S(=O)(=O)C2=C=C=C(I)C=C2)cc1.Fc1ccccc1.O=S(=O)(Cl)c1ccc(I)cc1.[Cl][Al]([Cl])[Cl]. The molecule has 0 saturated carbocycles. The summed E-state index contributed by atoms with van der Waals surface area (Å²) in [5.74, 6) is -0.178. The maximum Gasteiger partial charge on any atom is 0.643 e. The summed E-state index contributed by atoms with van der Waals surface area (Å²) < 4.78 is 59.5. The Labute approximate surface area is 276 Å². The molecule has 0 heterocycles. The third-order valence-electron chi connectivity index (χ3n) is 4.14. The van der Waals surface area contributed by atoms with E-state index < -0.39 is 30.3 Å². The van der Waals surface area contributed by atoms with E-state index >= 15 is 0 Å². The first-order valence-electron chi connectivity index (χ1n) is 10.4. The quantitative estimate of drug-likeness (QED) is 0.114. The van der Waals surface area contributed by atoms with E-state index in [0.29, 0.717) is 0 Å². The van der Waals surface area contributed by atoms with Crippen LogP contribution in [0.25, 0.3) is 0 Å². The van der Waals surface area contributed by atoms with E-state index in [1.807, 2.05) is 6.92 Å². The molecule has 3 aromatic carbocycles. The first-order valence-corrected chi connectivity index (χ1v) is 21.6. The minimum absolute atomic E-state index is 0.139. The summed E-state index contributed by atoms with van der Waals surface area (Å²) in [5.41, 5.74) is 6.47. The molecule has 1 aliphatic carbocycles. The van der Waals surface area contributed by atoms with E-state index in [4.69, 9.17) is 40.8 Å². The second-order valence-corrected chi connectivity index (χ2v) is 20.4. The Kier molecular flexibility index (Phi) is 17.2. The molecule has 0 aromatic heterocycles. The third kappa shape index (κ3) is 15.5. The number of hydrogen-bond acceptors (Lipinski definition) is 4. The number of hydrogen-bond donors (Lipinski definition) is 0. The molecule has 4 nitrogen and oxygen atoms in total. The summed E-state index contributed by atoms with van der Waals surface area (Å²) in [5, 5.41) is 0. The van der Waals surface area contributed by atoms with Gasteiger partial charge in [-0.15, -0.1) is 0 Å². The van der Waals surface area contributed by atoms with Crippen LogP contribution in [-0.4, -0.2) is 28.2 Å². The van der Waals surface area contributed by atoms with Crippen LogP contribution in [0.1, 0.15) is 5.56 Å². The van der Waals surface area contributed by atoms with Crippen molar-refractivity contribution in [2.45, 2.75) is 16.7 Å². The van der Waals surface area contributed by atoms with Gasteiger partial charge >= 0.3 is 11.4 Å². The van der Waals surface area contributed by atoms with Gasteiger partial charge in [-0.1, -0.05) is 41.6 Å². The van der Waals surface area contributed by atoms with Crippen LogP contribution in [0.5, 0.6) is 0 Å². The Morgan fingerprint density at radius 1 is 0.744 bits per heavy atom. The molecule has 0 saturated heterocycles. The van der Waals surface area contributed by atoms with Gasteiger partial charge in [0.2, 0.25) is 9.84 Å². The van der Waals surface area contributed by atoms with Crippen molar-refractivity contribution in [2.75, 3.05) is 0 Å². The monoisotopic (exact) mass is 886 g/mol. The highest BCUT2D eigenvalue weighted by Gasteiger charge is 2.19. The zero-order valence-electron chi connectivity index (χ0n) is 19.8. The Morgan fingerprint density at radius 2 is 1.23 bits per heavy atom. The smallest absolute Gasteiger partial charge is 0.218 e. The van der Waals surface area contributed by atoms with Crippen molar-refractivity contribution in [1.82, 2.24) is 0 Å². The molecule has 0 amide bonds. The number of rotatable bonds is 3. The van der Waals surface area contributed by atoms with Crippen LogP contribution in [-0.2, 0) is 18.9 Å². The van der Waals surface area contributed by atoms with Gasteiger partial charge in [0.05, 0.1) is 13.4 Å². The molecule has 0 aliphatic heterocycles. The summed E-state index contributed by atoms with van der Waals surface area (Å²) in [6, 6.07) is 21.0. The fraction of sp³-hybridized carbons (Fsp3) is 0.0400. The van der Waals surface area contributed by atoms with Crippen molar-refractivity contribution >= 4 is 116 Å². The average molecular weight is 888 g/mol.